The van der Waals surface area contributed by atoms with Crippen molar-refractivity contribution in [2.45, 2.75) is 13.3 Å². The Morgan fingerprint density at radius 3 is 2.36 bits per heavy atom. The Morgan fingerprint density at radius 2 is 1.72 bits per heavy atom. The fraction of sp³-hybridized carbons (Fsp3) is 0.278. The van der Waals surface area contributed by atoms with E-state index in [1.807, 2.05) is 37.3 Å². The van der Waals surface area contributed by atoms with Crippen LogP contribution in [0.3, 0.4) is 0 Å². The molecule has 0 saturated heterocycles. The molecule has 25 heavy (non-hydrogen) atoms. The van der Waals surface area contributed by atoms with Gasteiger partial charge in [-0.2, -0.15) is 0 Å². The van der Waals surface area contributed by atoms with Gasteiger partial charge in [0.05, 0.1) is 5.56 Å². The molecule has 0 fully saturated rings. The van der Waals surface area contributed by atoms with E-state index in [9.17, 15) is 22.4 Å². The fourth-order valence-electron chi connectivity index (χ4n) is 2.41. The molecule has 0 saturated carbocycles. The molecule has 2 aromatic carbocycles. The van der Waals surface area contributed by atoms with Crippen LogP contribution >= 0.6 is 0 Å². The largest absolute Gasteiger partial charge is 0.372 e. The van der Waals surface area contributed by atoms with E-state index in [0.717, 1.165) is 12.2 Å². The van der Waals surface area contributed by atoms with Crippen LogP contribution in [0, 0.1) is 23.3 Å². The van der Waals surface area contributed by atoms with Crippen molar-refractivity contribution in [1.82, 2.24) is 5.32 Å². The number of rotatable bonds is 7. The topological polar surface area (TPSA) is 32.3 Å². The maximum absolute atomic E-state index is 13.6. The highest BCUT2D eigenvalue weighted by atomic mass is 19.2. The van der Waals surface area contributed by atoms with Crippen molar-refractivity contribution in [3.63, 3.8) is 0 Å². The molecule has 0 bridgehead atoms. The van der Waals surface area contributed by atoms with Gasteiger partial charge in [0.25, 0.3) is 5.91 Å². The molecule has 7 heteroatoms. The van der Waals surface area contributed by atoms with Crippen molar-refractivity contribution in [1.29, 1.82) is 0 Å². The number of hydrogen-bond acceptors (Lipinski definition) is 2. The molecule has 0 radical (unpaired) electrons. The van der Waals surface area contributed by atoms with Crippen molar-refractivity contribution in [2.24, 2.45) is 0 Å². The van der Waals surface area contributed by atoms with Gasteiger partial charge < -0.3 is 10.2 Å². The number of halogens is 4. The zero-order chi connectivity index (χ0) is 18.4. The Bertz CT molecular complexity index is 738. The monoisotopic (exact) mass is 354 g/mol. The minimum atomic E-state index is -1.99. The molecule has 3 nitrogen and oxygen atoms in total. The summed E-state index contributed by atoms with van der Waals surface area (Å²) in [5.74, 6) is -8.22. The Hall–Kier alpha value is -2.57. The van der Waals surface area contributed by atoms with Crippen LogP contribution < -0.4 is 10.2 Å². The molecule has 1 N–H and O–H groups in total. The van der Waals surface area contributed by atoms with E-state index in [2.05, 4.69) is 10.2 Å². The van der Waals surface area contributed by atoms with Crippen molar-refractivity contribution in [3.05, 3.63) is 65.2 Å². The third kappa shape index (κ3) is 4.49. The molecular formula is C18H18F4N2O. The normalized spacial score (nSPS) is 10.6. The van der Waals surface area contributed by atoms with Crippen molar-refractivity contribution in [3.8, 4) is 0 Å². The molecule has 0 heterocycles. The second kappa shape index (κ2) is 8.50. The number of anilines is 1. The summed E-state index contributed by atoms with van der Waals surface area (Å²) < 4.78 is 52.8. The van der Waals surface area contributed by atoms with Gasteiger partial charge in [0, 0.05) is 25.3 Å². The van der Waals surface area contributed by atoms with Gasteiger partial charge in [0.2, 0.25) is 0 Å². The lowest BCUT2D eigenvalue weighted by Gasteiger charge is -2.23. The highest BCUT2D eigenvalue weighted by molar-refractivity contribution is 5.94. The van der Waals surface area contributed by atoms with Gasteiger partial charge >= 0.3 is 0 Å². The summed E-state index contributed by atoms with van der Waals surface area (Å²) >= 11 is 0. The fourth-order valence-corrected chi connectivity index (χ4v) is 2.41. The van der Waals surface area contributed by atoms with Gasteiger partial charge in [0.1, 0.15) is 0 Å². The number of nitrogens with one attached hydrogen (secondary N) is 1. The maximum atomic E-state index is 13.6. The van der Waals surface area contributed by atoms with E-state index in [1.165, 1.54) is 0 Å². The Morgan fingerprint density at radius 1 is 1.04 bits per heavy atom. The number of carbonyl (C=O) groups excluding carboxylic acids is 1. The number of amides is 1. The van der Waals surface area contributed by atoms with E-state index in [4.69, 9.17) is 0 Å². The molecule has 1 amide bonds. The molecule has 2 aromatic rings. The summed E-state index contributed by atoms with van der Waals surface area (Å²) in [5.41, 5.74) is 0.178. The van der Waals surface area contributed by atoms with Crippen molar-refractivity contribution in [2.75, 3.05) is 24.5 Å². The molecule has 0 spiro atoms. The average Bonchev–Trinajstić information content (AvgIpc) is 2.63. The van der Waals surface area contributed by atoms with Gasteiger partial charge in [0.15, 0.2) is 23.3 Å². The summed E-state index contributed by atoms with van der Waals surface area (Å²) in [6.45, 7) is 3.57. The van der Waals surface area contributed by atoms with E-state index in [-0.39, 0.29) is 6.54 Å². The zero-order valence-corrected chi connectivity index (χ0v) is 13.7. The quantitative estimate of drug-likeness (QED) is 0.354. The lowest BCUT2D eigenvalue weighted by atomic mass is 10.1. The summed E-state index contributed by atoms with van der Waals surface area (Å²) in [4.78, 5) is 13.9. The smallest absolute Gasteiger partial charge is 0.254 e. The second-order valence-electron chi connectivity index (χ2n) is 5.37. The number of nitrogens with zero attached hydrogens (tertiary/aromatic N) is 1. The molecular weight excluding hydrogens is 336 g/mol. The van der Waals surface area contributed by atoms with Crippen LogP contribution in [-0.2, 0) is 0 Å². The number of para-hydroxylation sites is 1. The first kappa shape index (κ1) is 18.8. The lowest BCUT2D eigenvalue weighted by Crippen LogP contribution is -2.30. The van der Waals surface area contributed by atoms with E-state index in [1.54, 1.807) is 0 Å². The summed E-state index contributed by atoms with van der Waals surface area (Å²) in [6.07, 6.45) is 0.544. The lowest BCUT2D eigenvalue weighted by molar-refractivity contribution is 0.0947. The molecule has 0 aromatic heterocycles. The molecule has 0 aliphatic rings. The molecule has 0 aliphatic heterocycles. The standard InChI is InChI=1S/C18H18F4N2O/c1-2-24(12-7-4-3-5-8-12)10-6-9-23-18(25)13-11-14(19)16(21)17(22)15(13)20/h3-5,7-8,11H,2,6,9-10H2,1H3,(H,23,25). The Kier molecular flexibility index (Phi) is 6.38. The number of hydrogen-bond donors (Lipinski definition) is 1. The predicted octanol–water partition coefficient (Wildman–Crippen LogP) is 3.89. The first-order chi connectivity index (χ1) is 12.0. The molecule has 2 rings (SSSR count). The predicted molar refractivity (Wildman–Crippen MR) is 87.6 cm³/mol. The summed E-state index contributed by atoms with van der Waals surface area (Å²) in [6, 6.07) is 10.0. The van der Waals surface area contributed by atoms with Gasteiger partial charge in [-0.05, 0) is 31.5 Å². The average molecular weight is 354 g/mol. The molecule has 0 atom stereocenters. The van der Waals surface area contributed by atoms with Gasteiger partial charge in [-0.1, -0.05) is 18.2 Å². The third-order valence-electron chi connectivity index (χ3n) is 3.74. The van der Waals surface area contributed by atoms with Crippen LogP contribution in [0.1, 0.15) is 23.7 Å². The summed E-state index contributed by atoms with van der Waals surface area (Å²) in [5, 5.41) is 2.38. The first-order valence-corrected chi connectivity index (χ1v) is 7.86. The van der Waals surface area contributed by atoms with E-state index >= 15 is 0 Å². The third-order valence-corrected chi connectivity index (χ3v) is 3.74. The highest BCUT2D eigenvalue weighted by Gasteiger charge is 2.22. The Balaban J connectivity index is 1.91. The van der Waals surface area contributed by atoms with Crippen LogP contribution in [0.2, 0.25) is 0 Å². The van der Waals surface area contributed by atoms with Gasteiger partial charge in [-0.3, -0.25) is 4.79 Å². The van der Waals surface area contributed by atoms with Crippen molar-refractivity contribution < 1.29 is 22.4 Å². The highest BCUT2D eigenvalue weighted by Crippen LogP contribution is 2.18. The van der Waals surface area contributed by atoms with Gasteiger partial charge in [-0.25, -0.2) is 17.6 Å². The number of carbonyl (C=O) groups is 1. The molecule has 134 valence electrons. The SMILES string of the molecule is CCN(CCCNC(=O)c1cc(F)c(F)c(F)c1F)c1ccccc1. The second-order valence-corrected chi connectivity index (χ2v) is 5.37. The van der Waals surface area contributed by atoms with Crippen LogP contribution in [0.5, 0.6) is 0 Å². The van der Waals surface area contributed by atoms with Gasteiger partial charge in [-0.15, -0.1) is 0 Å². The maximum Gasteiger partial charge on any atom is 0.254 e. The van der Waals surface area contributed by atoms with Crippen LogP contribution in [0.25, 0.3) is 0 Å². The molecule has 0 aliphatic carbocycles. The van der Waals surface area contributed by atoms with E-state index in [0.29, 0.717) is 19.0 Å². The van der Waals surface area contributed by atoms with Crippen molar-refractivity contribution >= 4 is 11.6 Å². The number of benzene rings is 2. The first-order valence-electron chi connectivity index (χ1n) is 7.86. The van der Waals surface area contributed by atoms with Crippen LogP contribution in [0.15, 0.2) is 36.4 Å². The van der Waals surface area contributed by atoms with E-state index < -0.39 is 34.7 Å². The van der Waals surface area contributed by atoms with Crippen LogP contribution in [-0.4, -0.2) is 25.5 Å². The zero-order valence-electron chi connectivity index (χ0n) is 13.7. The molecule has 0 unspecified atom stereocenters. The minimum Gasteiger partial charge on any atom is -0.372 e. The minimum absolute atomic E-state index is 0.183. The van der Waals surface area contributed by atoms with Crippen LogP contribution in [0.4, 0.5) is 23.2 Å². The summed E-state index contributed by atoms with van der Waals surface area (Å²) in [7, 11) is 0. The Labute approximate surface area is 143 Å².